The van der Waals surface area contributed by atoms with E-state index in [1.807, 2.05) is 18.2 Å². The number of hydrogen-bond donors (Lipinski definition) is 2. The summed E-state index contributed by atoms with van der Waals surface area (Å²) in [6, 6.07) is 10.3. The predicted octanol–water partition coefficient (Wildman–Crippen LogP) is 1.88. The molecular formula is C12H18O2S. The number of hydrogen-bond acceptors (Lipinski definition) is 3. The van der Waals surface area contributed by atoms with Gasteiger partial charge in [0.15, 0.2) is 0 Å². The first-order valence-electron chi connectivity index (χ1n) is 5.15. The normalized spacial score (nSPS) is 14.9. The van der Waals surface area contributed by atoms with Crippen LogP contribution in [0.25, 0.3) is 0 Å². The highest BCUT2D eigenvalue weighted by Crippen LogP contribution is 2.20. The molecular weight excluding hydrogens is 208 g/mol. The van der Waals surface area contributed by atoms with Crippen LogP contribution in [0.4, 0.5) is 0 Å². The Morgan fingerprint density at radius 1 is 1.20 bits per heavy atom. The van der Waals surface area contributed by atoms with E-state index >= 15 is 0 Å². The third-order valence-corrected chi connectivity index (χ3v) is 3.61. The van der Waals surface area contributed by atoms with Crippen molar-refractivity contribution in [1.29, 1.82) is 0 Å². The largest absolute Gasteiger partial charge is 0.394 e. The van der Waals surface area contributed by atoms with Gasteiger partial charge in [0, 0.05) is 5.75 Å². The third kappa shape index (κ3) is 4.69. The quantitative estimate of drug-likeness (QED) is 0.778. The standard InChI is InChI=1S/C12H18O2S/c1-10(8-15-9-12(14)7-13)11-5-3-2-4-6-11/h2-6,10,12-14H,7-9H2,1H3/t10-,12+/m1/s1. The Labute approximate surface area is 95.3 Å². The van der Waals surface area contributed by atoms with Gasteiger partial charge in [-0.05, 0) is 17.2 Å². The Hall–Kier alpha value is -0.510. The van der Waals surface area contributed by atoms with Crippen molar-refractivity contribution in [2.75, 3.05) is 18.1 Å². The van der Waals surface area contributed by atoms with Crippen LogP contribution in [-0.2, 0) is 0 Å². The van der Waals surface area contributed by atoms with E-state index in [4.69, 9.17) is 5.11 Å². The molecule has 0 spiro atoms. The molecule has 0 saturated carbocycles. The van der Waals surface area contributed by atoms with Gasteiger partial charge in [-0.3, -0.25) is 0 Å². The summed E-state index contributed by atoms with van der Waals surface area (Å²) in [7, 11) is 0. The first-order valence-corrected chi connectivity index (χ1v) is 6.31. The van der Waals surface area contributed by atoms with Crippen molar-refractivity contribution in [2.24, 2.45) is 0 Å². The van der Waals surface area contributed by atoms with Crippen LogP contribution in [0.1, 0.15) is 18.4 Å². The molecule has 1 aromatic carbocycles. The van der Waals surface area contributed by atoms with Crippen molar-refractivity contribution in [3.05, 3.63) is 35.9 Å². The van der Waals surface area contributed by atoms with Crippen LogP contribution in [0.2, 0.25) is 0 Å². The molecule has 2 N–H and O–H groups in total. The Bertz CT molecular complexity index is 264. The highest BCUT2D eigenvalue weighted by Gasteiger charge is 2.07. The maximum absolute atomic E-state index is 9.17. The first kappa shape index (κ1) is 12.6. The van der Waals surface area contributed by atoms with Crippen LogP contribution < -0.4 is 0 Å². The molecule has 1 aromatic rings. The summed E-state index contributed by atoms with van der Waals surface area (Å²) in [5, 5.41) is 17.8. The molecule has 0 fully saturated rings. The molecule has 15 heavy (non-hydrogen) atoms. The van der Waals surface area contributed by atoms with E-state index in [0.717, 1.165) is 5.75 Å². The SMILES string of the molecule is C[C@H](CSC[C@@H](O)CO)c1ccccc1. The van der Waals surface area contributed by atoms with Gasteiger partial charge in [0.1, 0.15) is 0 Å². The summed E-state index contributed by atoms with van der Waals surface area (Å²) in [6.45, 7) is 2.03. The number of benzene rings is 1. The van der Waals surface area contributed by atoms with Gasteiger partial charge < -0.3 is 10.2 Å². The molecule has 0 amide bonds. The third-order valence-electron chi connectivity index (χ3n) is 2.26. The number of rotatable bonds is 6. The monoisotopic (exact) mass is 226 g/mol. The van der Waals surface area contributed by atoms with Crippen LogP contribution in [0.15, 0.2) is 30.3 Å². The number of aliphatic hydroxyl groups excluding tert-OH is 2. The van der Waals surface area contributed by atoms with E-state index in [1.165, 1.54) is 5.56 Å². The molecule has 1 rings (SSSR count). The van der Waals surface area contributed by atoms with Crippen LogP contribution in [0.3, 0.4) is 0 Å². The lowest BCUT2D eigenvalue weighted by atomic mass is 10.0. The first-order chi connectivity index (χ1) is 7.24. The lowest BCUT2D eigenvalue weighted by Gasteiger charge is -2.12. The van der Waals surface area contributed by atoms with E-state index in [0.29, 0.717) is 11.7 Å². The minimum absolute atomic E-state index is 0.146. The van der Waals surface area contributed by atoms with E-state index < -0.39 is 6.10 Å². The molecule has 0 aromatic heterocycles. The van der Waals surface area contributed by atoms with Crippen molar-refractivity contribution in [3.8, 4) is 0 Å². The summed E-state index contributed by atoms with van der Waals surface area (Å²) >= 11 is 1.68. The zero-order valence-electron chi connectivity index (χ0n) is 8.97. The average Bonchev–Trinajstić information content (AvgIpc) is 2.29. The van der Waals surface area contributed by atoms with Crippen LogP contribution in [0.5, 0.6) is 0 Å². The topological polar surface area (TPSA) is 40.5 Å². The van der Waals surface area contributed by atoms with Crippen LogP contribution in [0, 0.1) is 0 Å². The van der Waals surface area contributed by atoms with Gasteiger partial charge in [0.2, 0.25) is 0 Å². The van der Waals surface area contributed by atoms with E-state index in [2.05, 4.69) is 19.1 Å². The molecule has 0 heterocycles. The molecule has 0 saturated heterocycles. The Morgan fingerprint density at radius 3 is 2.47 bits per heavy atom. The van der Waals surface area contributed by atoms with Crippen molar-refractivity contribution in [1.82, 2.24) is 0 Å². The van der Waals surface area contributed by atoms with Gasteiger partial charge >= 0.3 is 0 Å². The Balaban J connectivity index is 2.28. The molecule has 0 unspecified atom stereocenters. The van der Waals surface area contributed by atoms with Crippen molar-refractivity contribution in [2.45, 2.75) is 18.9 Å². The Morgan fingerprint density at radius 2 is 1.87 bits per heavy atom. The second-order valence-corrected chi connectivity index (χ2v) is 4.76. The molecule has 0 aliphatic carbocycles. The summed E-state index contributed by atoms with van der Waals surface area (Å²) in [5.74, 6) is 2.07. The van der Waals surface area contributed by atoms with Crippen LogP contribution in [-0.4, -0.2) is 34.4 Å². The summed E-state index contributed by atoms with van der Waals surface area (Å²) in [5.41, 5.74) is 1.32. The summed E-state index contributed by atoms with van der Waals surface area (Å²) < 4.78 is 0. The molecule has 2 atom stereocenters. The molecule has 2 nitrogen and oxygen atoms in total. The molecule has 0 radical (unpaired) electrons. The maximum atomic E-state index is 9.17. The zero-order valence-corrected chi connectivity index (χ0v) is 9.78. The lowest BCUT2D eigenvalue weighted by Crippen LogP contribution is -2.15. The highest BCUT2D eigenvalue weighted by molar-refractivity contribution is 7.99. The molecule has 3 heteroatoms. The highest BCUT2D eigenvalue weighted by atomic mass is 32.2. The number of aliphatic hydroxyl groups is 2. The van der Waals surface area contributed by atoms with E-state index in [-0.39, 0.29) is 6.61 Å². The van der Waals surface area contributed by atoms with Crippen LogP contribution >= 0.6 is 11.8 Å². The van der Waals surface area contributed by atoms with Gasteiger partial charge in [-0.2, -0.15) is 11.8 Å². The predicted molar refractivity (Wildman–Crippen MR) is 65.3 cm³/mol. The number of thioether (sulfide) groups is 1. The summed E-state index contributed by atoms with van der Waals surface area (Å²) in [6.07, 6.45) is -0.585. The molecule has 0 aliphatic heterocycles. The fraction of sp³-hybridized carbons (Fsp3) is 0.500. The summed E-state index contributed by atoms with van der Waals surface area (Å²) in [4.78, 5) is 0. The van der Waals surface area contributed by atoms with E-state index in [9.17, 15) is 5.11 Å². The van der Waals surface area contributed by atoms with Crippen molar-refractivity contribution < 1.29 is 10.2 Å². The maximum Gasteiger partial charge on any atom is 0.0861 e. The second-order valence-electron chi connectivity index (χ2n) is 3.69. The fourth-order valence-electron chi connectivity index (χ4n) is 1.31. The minimum Gasteiger partial charge on any atom is -0.394 e. The Kier molecular flexibility index (Phi) is 5.76. The van der Waals surface area contributed by atoms with Gasteiger partial charge in [0.05, 0.1) is 12.7 Å². The fourth-order valence-corrected chi connectivity index (χ4v) is 2.37. The molecule has 0 aliphatic rings. The lowest BCUT2D eigenvalue weighted by molar-refractivity contribution is 0.113. The average molecular weight is 226 g/mol. The molecule has 0 bridgehead atoms. The van der Waals surface area contributed by atoms with E-state index in [1.54, 1.807) is 11.8 Å². The second kappa shape index (κ2) is 6.88. The van der Waals surface area contributed by atoms with Gasteiger partial charge in [-0.25, -0.2) is 0 Å². The van der Waals surface area contributed by atoms with Gasteiger partial charge in [0.25, 0.3) is 0 Å². The molecule has 84 valence electrons. The smallest absolute Gasteiger partial charge is 0.0861 e. The minimum atomic E-state index is -0.585. The van der Waals surface area contributed by atoms with Crippen molar-refractivity contribution in [3.63, 3.8) is 0 Å². The van der Waals surface area contributed by atoms with Gasteiger partial charge in [-0.15, -0.1) is 0 Å². The zero-order chi connectivity index (χ0) is 11.1. The van der Waals surface area contributed by atoms with Gasteiger partial charge in [-0.1, -0.05) is 37.3 Å². The van der Waals surface area contributed by atoms with Crippen molar-refractivity contribution >= 4 is 11.8 Å².